The van der Waals surface area contributed by atoms with Crippen LogP contribution in [0.2, 0.25) is 0 Å². The van der Waals surface area contributed by atoms with Gasteiger partial charge < -0.3 is 9.47 Å². The van der Waals surface area contributed by atoms with Gasteiger partial charge in [-0.2, -0.15) is 0 Å². The third-order valence-electron chi connectivity index (χ3n) is 4.33. The van der Waals surface area contributed by atoms with Crippen molar-refractivity contribution in [3.05, 3.63) is 101 Å². The molecule has 0 atom stereocenters. The highest BCUT2D eigenvalue weighted by Crippen LogP contribution is 2.36. The Hall–Kier alpha value is -2.04. The minimum Gasteiger partial charge on any atom is -0.487 e. The van der Waals surface area contributed by atoms with Crippen molar-refractivity contribution < 1.29 is 18.7 Å². The second kappa shape index (κ2) is 9.62. The number of benzene rings is 3. The lowest BCUT2D eigenvalue weighted by atomic mass is 10.2. The summed E-state index contributed by atoms with van der Waals surface area (Å²) in [5.74, 6) is 0.0905. The van der Waals surface area contributed by atoms with Gasteiger partial charge in [0.1, 0.15) is 18.2 Å². The van der Waals surface area contributed by atoms with Crippen molar-refractivity contribution in [2.45, 2.75) is 6.61 Å². The van der Waals surface area contributed by atoms with Crippen molar-refractivity contribution in [1.82, 2.24) is 0 Å². The zero-order chi connectivity index (χ0) is 22.0. The highest BCUT2D eigenvalue weighted by atomic mass is 127. The summed E-state index contributed by atoms with van der Waals surface area (Å²) >= 11 is 9.22. The average Bonchev–Trinajstić information content (AvgIpc) is 3.09. The minimum atomic E-state index is -0.502. The van der Waals surface area contributed by atoms with Crippen LogP contribution in [0.25, 0.3) is 6.08 Å². The van der Waals surface area contributed by atoms with Crippen molar-refractivity contribution in [2.24, 2.45) is 4.99 Å². The summed E-state index contributed by atoms with van der Waals surface area (Å²) in [6.45, 7) is 0.286. The Morgan fingerprint density at radius 2 is 1.68 bits per heavy atom. The van der Waals surface area contributed by atoms with Crippen LogP contribution >= 0.6 is 54.5 Å². The normalized spacial score (nSPS) is 14.5. The molecule has 3 aromatic carbocycles. The predicted octanol–water partition coefficient (Wildman–Crippen LogP) is 6.88. The molecule has 31 heavy (non-hydrogen) atoms. The number of carbonyl (C=O) groups is 1. The number of rotatable bonds is 5. The second-order valence-electron chi connectivity index (χ2n) is 6.57. The highest BCUT2D eigenvalue weighted by Gasteiger charge is 2.24. The van der Waals surface area contributed by atoms with E-state index in [0.717, 1.165) is 20.3 Å². The quantitative estimate of drug-likeness (QED) is 0.171. The van der Waals surface area contributed by atoms with Crippen LogP contribution in [0.1, 0.15) is 16.7 Å². The second-order valence-corrected chi connectivity index (χ2v) is 9.53. The Morgan fingerprint density at radius 1 is 1.03 bits per heavy atom. The maximum atomic E-state index is 13.1. The van der Waals surface area contributed by atoms with Gasteiger partial charge >= 0.3 is 5.97 Å². The van der Waals surface area contributed by atoms with Crippen LogP contribution in [0, 0.1) is 9.39 Å². The van der Waals surface area contributed by atoms with E-state index in [4.69, 9.17) is 9.47 Å². The van der Waals surface area contributed by atoms with Crippen molar-refractivity contribution in [2.75, 3.05) is 0 Å². The fraction of sp³-hybridized carbons (Fsp3) is 0.0435. The maximum absolute atomic E-state index is 13.1. The van der Waals surface area contributed by atoms with Crippen LogP contribution in [0.3, 0.4) is 0 Å². The molecular weight excluding hydrogens is 644 g/mol. The zero-order valence-corrected chi connectivity index (χ0v) is 21.1. The van der Waals surface area contributed by atoms with Crippen molar-refractivity contribution in [3.8, 4) is 5.75 Å². The van der Waals surface area contributed by atoms with Gasteiger partial charge in [-0.05, 0) is 120 Å². The fourth-order valence-corrected chi connectivity index (χ4v) is 4.63. The number of cyclic esters (lactones) is 1. The van der Waals surface area contributed by atoms with E-state index >= 15 is 0 Å². The smallest absolute Gasteiger partial charge is 0.363 e. The maximum Gasteiger partial charge on any atom is 0.363 e. The molecule has 0 fully saturated rings. The molecule has 0 N–H and O–H groups in total. The Kier molecular flexibility index (Phi) is 6.88. The molecule has 4 rings (SSSR count). The van der Waals surface area contributed by atoms with E-state index < -0.39 is 5.97 Å². The third kappa shape index (κ3) is 5.42. The molecule has 8 heteroatoms. The Balaban J connectivity index is 1.54. The molecule has 1 heterocycles. The van der Waals surface area contributed by atoms with Gasteiger partial charge in [0, 0.05) is 9.13 Å². The molecule has 0 bridgehead atoms. The van der Waals surface area contributed by atoms with Gasteiger partial charge in [-0.1, -0.05) is 12.1 Å². The summed E-state index contributed by atoms with van der Waals surface area (Å²) in [5, 5.41) is 0. The van der Waals surface area contributed by atoms with E-state index in [-0.39, 0.29) is 24.0 Å². The minimum absolute atomic E-state index is 0.215. The summed E-state index contributed by atoms with van der Waals surface area (Å²) in [7, 11) is 0. The van der Waals surface area contributed by atoms with Gasteiger partial charge in [-0.25, -0.2) is 14.2 Å². The lowest BCUT2D eigenvalue weighted by Crippen LogP contribution is -2.05. The number of hydrogen-bond donors (Lipinski definition) is 0. The average molecular weight is 657 g/mol. The van der Waals surface area contributed by atoms with Gasteiger partial charge in [0.05, 0.1) is 8.95 Å². The van der Waals surface area contributed by atoms with Crippen LogP contribution in [0.15, 0.2) is 80.3 Å². The van der Waals surface area contributed by atoms with Crippen molar-refractivity contribution in [1.29, 1.82) is 0 Å². The molecule has 3 aromatic rings. The summed E-state index contributed by atoms with van der Waals surface area (Å²) in [6, 6.07) is 17.3. The lowest BCUT2D eigenvalue weighted by molar-refractivity contribution is -0.129. The molecule has 0 saturated heterocycles. The number of nitrogens with zero attached hydrogens (tertiary/aromatic N) is 1. The van der Waals surface area contributed by atoms with Crippen LogP contribution in [0.4, 0.5) is 4.39 Å². The first-order valence-corrected chi connectivity index (χ1v) is 11.7. The van der Waals surface area contributed by atoms with Gasteiger partial charge in [0.25, 0.3) is 0 Å². The molecule has 0 amide bonds. The Morgan fingerprint density at radius 3 is 2.32 bits per heavy atom. The lowest BCUT2D eigenvalue weighted by Gasteiger charge is -2.11. The van der Waals surface area contributed by atoms with E-state index in [1.54, 1.807) is 18.2 Å². The van der Waals surface area contributed by atoms with E-state index in [1.165, 1.54) is 12.1 Å². The molecular formula is C23H13Br2FINO3. The van der Waals surface area contributed by atoms with Crippen molar-refractivity contribution >= 4 is 72.4 Å². The van der Waals surface area contributed by atoms with Crippen LogP contribution in [-0.2, 0) is 16.1 Å². The number of aliphatic imine (C=N–C) groups is 1. The van der Waals surface area contributed by atoms with Crippen LogP contribution in [-0.4, -0.2) is 11.9 Å². The monoisotopic (exact) mass is 655 g/mol. The van der Waals surface area contributed by atoms with Gasteiger partial charge in [0.15, 0.2) is 5.70 Å². The van der Waals surface area contributed by atoms with E-state index in [1.807, 2.05) is 36.4 Å². The first-order valence-electron chi connectivity index (χ1n) is 9.04. The van der Waals surface area contributed by atoms with Crippen LogP contribution in [0.5, 0.6) is 5.75 Å². The molecule has 156 valence electrons. The molecule has 0 spiro atoms. The van der Waals surface area contributed by atoms with Gasteiger partial charge in [-0.3, -0.25) is 0 Å². The molecule has 0 aromatic heterocycles. The molecule has 0 unspecified atom stereocenters. The van der Waals surface area contributed by atoms with Crippen molar-refractivity contribution in [3.63, 3.8) is 0 Å². The molecule has 4 nitrogen and oxygen atoms in total. The standard InChI is InChI=1S/C23H13Br2FINO3/c24-18-9-14(10-19(25)21(18)30-12-13-1-5-16(26)6-2-13)11-20-23(29)31-22(28-20)15-3-7-17(27)8-4-15/h1-11H,12H2/b20-11-. The molecule has 0 saturated carbocycles. The number of halogens is 4. The Bertz CT molecular complexity index is 1190. The number of hydrogen-bond acceptors (Lipinski definition) is 4. The van der Waals surface area contributed by atoms with E-state index in [2.05, 4.69) is 59.4 Å². The predicted molar refractivity (Wildman–Crippen MR) is 132 cm³/mol. The summed E-state index contributed by atoms with van der Waals surface area (Å²) in [5.41, 5.74) is 2.54. The number of ether oxygens (including phenoxy) is 2. The van der Waals surface area contributed by atoms with Gasteiger partial charge in [-0.15, -0.1) is 0 Å². The van der Waals surface area contributed by atoms with E-state index in [0.29, 0.717) is 14.7 Å². The summed E-state index contributed by atoms with van der Waals surface area (Å²) in [4.78, 5) is 16.6. The molecule has 0 aliphatic carbocycles. The summed E-state index contributed by atoms with van der Waals surface area (Å²) < 4.78 is 26.7. The van der Waals surface area contributed by atoms with Crippen LogP contribution < -0.4 is 4.74 Å². The first kappa shape index (κ1) is 22.2. The molecule has 1 aliphatic rings. The molecule has 0 radical (unpaired) electrons. The molecule has 1 aliphatic heterocycles. The van der Waals surface area contributed by atoms with Gasteiger partial charge in [0.2, 0.25) is 5.90 Å². The van der Waals surface area contributed by atoms with E-state index in [9.17, 15) is 9.18 Å². The summed E-state index contributed by atoms with van der Waals surface area (Å²) in [6.07, 6.45) is 1.65. The zero-order valence-electron chi connectivity index (χ0n) is 15.7. The first-order chi connectivity index (χ1) is 14.9. The topological polar surface area (TPSA) is 47.9 Å². The fourth-order valence-electron chi connectivity index (χ4n) is 2.82. The third-order valence-corrected chi connectivity index (χ3v) is 6.23. The SMILES string of the molecule is O=C1OC(c2ccc(I)cc2)=N/C1=C\c1cc(Br)c(OCc2ccc(F)cc2)c(Br)c1. The number of esters is 1. The Labute approximate surface area is 208 Å². The highest BCUT2D eigenvalue weighted by molar-refractivity contribution is 14.1. The largest absolute Gasteiger partial charge is 0.487 e. The number of carbonyl (C=O) groups excluding carboxylic acids is 1.